The Balaban J connectivity index is 1.72. The molecule has 0 saturated carbocycles. The second-order valence-electron chi connectivity index (χ2n) is 6.95. The molecule has 1 unspecified atom stereocenters. The summed E-state index contributed by atoms with van der Waals surface area (Å²) in [6, 6.07) is 28.4. The van der Waals surface area contributed by atoms with Gasteiger partial charge in [0.25, 0.3) is 0 Å². The summed E-state index contributed by atoms with van der Waals surface area (Å²) in [6.45, 7) is 0. The first kappa shape index (κ1) is 17.1. The second-order valence-corrected chi connectivity index (χ2v) is 6.95. The highest BCUT2D eigenvalue weighted by Gasteiger charge is 2.31. The first-order valence-corrected chi connectivity index (χ1v) is 9.47. The lowest BCUT2D eigenvalue weighted by molar-refractivity contribution is 0.618. The Morgan fingerprint density at radius 3 is 2.52 bits per heavy atom. The number of hydrogen-bond acceptors (Lipinski definition) is 5. The van der Waals surface area contributed by atoms with Crippen molar-refractivity contribution in [3.63, 3.8) is 0 Å². The molecule has 0 amide bonds. The van der Waals surface area contributed by atoms with E-state index in [1.807, 2.05) is 65.7 Å². The van der Waals surface area contributed by atoms with Gasteiger partial charge in [0.1, 0.15) is 6.07 Å². The number of aromatic nitrogens is 2. The minimum absolute atomic E-state index is 0.0918. The van der Waals surface area contributed by atoms with Crippen LogP contribution < -0.4 is 5.01 Å². The van der Waals surface area contributed by atoms with Crippen LogP contribution in [0.5, 0.6) is 0 Å². The highest BCUT2D eigenvalue weighted by molar-refractivity contribution is 6.14. The quantitative estimate of drug-likeness (QED) is 0.522. The third-order valence-electron chi connectivity index (χ3n) is 5.22. The molecule has 5 nitrogen and oxygen atoms in total. The van der Waals surface area contributed by atoms with Crippen molar-refractivity contribution in [3.05, 3.63) is 102 Å². The highest BCUT2D eigenvalue weighted by Crippen LogP contribution is 2.37. The Morgan fingerprint density at radius 2 is 1.66 bits per heavy atom. The molecule has 0 radical (unpaired) electrons. The van der Waals surface area contributed by atoms with Gasteiger partial charge < -0.3 is 0 Å². The Kier molecular flexibility index (Phi) is 4.23. The van der Waals surface area contributed by atoms with Crippen molar-refractivity contribution >= 4 is 22.3 Å². The van der Waals surface area contributed by atoms with E-state index in [4.69, 9.17) is 5.10 Å². The van der Waals surface area contributed by atoms with E-state index in [2.05, 4.69) is 34.5 Å². The number of fused-ring (bicyclic) bond motifs is 2. The molecule has 5 rings (SSSR count). The molecule has 1 atom stereocenters. The predicted molar refractivity (Wildman–Crippen MR) is 113 cm³/mol. The third-order valence-corrected chi connectivity index (χ3v) is 5.22. The van der Waals surface area contributed by atoms with Crippen LogP contribution in [0.15, 0.2) is 90.2 Å². The molecule has 5 heteroatoms. The van der Waals surface area contributed by atoms with Crippen LogP contribution in [0.3, 0.4) is 0 Å². The van der Waals surface area contributed by atoms with Crippen LogP contribution in [0, 0.1) is 11.3 Å². The monoisotopic (exact) mass is 375 g/mol. The number of nitrogens with zero attached hydrogens (tertiary/aromatic N) is 5. The fourth-order valence-electron chi connectivity index (χ4n) is 3.86. The number of hydrazone groups is 1. The maximum atomic E-state index is 9.75. The maximum absolute atomic E-state index is 9.75. The summed E-state index contributed by atoms with van der Waals surface area (Å²) >= 11 is 0. The molecule has 0 spiro atoms. The summed E-state index contributed by atoms with van der Waals surface area (Å²) in [5.41, 5.74) is 3.53. The molecule has 0 fully saturated rings. The highest BCUT2D eigenvalue weighted by atomic mass is 15.5. The first-order chi connectivity index (χ1) is 14.3. The van der Waals surface area contributed by atoms with E-state index in [1.165, 1.54) is 5.56 Å². The molecular weight excluding hydrogens is 358 g/mol. The average Bonchev–Trinajstić information content (AvgIpc) is 2.79. The largest absolute Gasteiger partial charge is 0.237 e. The zero-order chi connectivity index (χ0) is 19.6. The summed E-state index contributed by atoms with van der Waals surface area (Å²) < 4.78 is 0. The van der Waals surface area contributed by atoms with E-state index in [0.29, 0.717) is 11.5 Å². The van der Waals surface area contributed by atoms with Gasteiger partial charge in [0, 0.05) is 16.3 Å². The summed E-state index contributed by atoms with van der Waals surface area (Å²) in [4.78, 5) is 0. The van der Waals surface area contributed by atoms with Gasteiger partial charge in [-0.15, -0.1) is 5.10 Å². The van der Waals surface area contributed by atoms with Crippen LogP contribution in [0.4, 0.5) is 5.82 Å². The molecule has 0 bridgehead atoms. The fraction of sp³-hybridized carbons (Fsp3) is 0.0833. The predicted octanol–water partition coefficient (Wildman–Crippen LogP) is 4.66. The standard InChI is InChI=1S/C24H17N5/c25-15-22-20-12-6-7-13-21(20)23(14-17-8-2-1-3-9-17)29(28-22)24-19-11-5-4-10-18(19)16-26-27-24/h1-13,16,23H,14H2. The van der Waals surface area contributed by atoms with E-state index in [0.717, 1.165) is 28.3 Å². The molecule has 0 saturated heterocycles. The molecular formula is C24H17N5. The number of rotatable bonds is 3. The average molecular weight is 375 g/mol. The van der Waals surface area contributed by atoms with E-state index < -0.39 is 0 Å². The van der Waals surface area contributed by atoms with Gasteiger partial charge in [-0.3, -0.25) is 0 Å². The van der Waals surface area contributed by atoms with Crippen molar-refractivity contribution in [1.82, 2.24) is 10.2 Å². The van der Waals surface area contributed by atoms with Gasteiger partial charge in [-0.25, -0.2) is 5.01 Å². The summed E-state index contributed by atoms with van der Waals surface area (Å²) in [5.74, 6) is 0.659. The van der Waals surface area contributed by atoms with Gasteiger partial charge in [0.2, 0.25) is 0 Å². The summed E-state index contributed by atoms with van der Waals surface area (Å²) in [5, 5.41) is 26.9. The number of anilines is 1. The van der Waals surface area contributed by atoms with E-state index in [1.54, 1.807) is 6.20 Å². The van der Waals surface area contributed by atoms with E-state index >= 15 is 0 Å². The van der Waals surface area contributed by atoms with Crippen LogP contribution in [0.1, 0.15) is 22.7 Å². The molecule has 138 valence electrons. The molecule has 0 N–H and O–H groups in total. The Bertz CT molecular complexity index is 1250. The van der Waals surface area contributed by atoms with Crippen LogP contribution in [-0.2, 0) is 6.42 Å². The SMILES string of the molecule is N#CC1=NN(c2nncc3ccccc23)C(Cc2ccccc2)c2ccccc21. The van der Waals surface area contributed by atoms with Crippen LogP contribution in [0.25, 0.3) is 10.8 Å². The fourth-order valence-corrected chi connectivity index (χ4v) is 3.86. The van der Waals surface area contributed by atoms with Gasteiger partial charge >= 0.3 is 0 Å². The molecule has 1 aromatic heterocycles. The molecule has 3 aromatic carbocycles. The zero-order valence-electron chi connectivity index (χ0n) is 15.6. The van der Waals surface area contributed by atoms with Crippen molar-refractivity contribution in [2.24, 2.45) is 5.10 Å². The van der Waals surface area contributed by atoms with Gasteiger partial charge in [-0.05, 0) is 17.5 Å². The van der Waals surface area contributed by atoms with Gasteiger partial charge in [0.15, 0.2) is 11.5 Å². The molecule has 2 heterocycles. The Morgan fingerprint density at radius 1 is 0.897 bits per heavy atom. The number of hydrogen-bond donors (Lipinski definition) is 0. The van der Waals surface area contributed by atoms with Gasteiger partial charge in [0.05, 0.1) is 12.2 Å². The minimum atomic E-state index is -0.0918. The van der Waals surface area contributed by atoms with Crippen molar-refractivity contribution in [2.75, 3.05) is 5.01 Å². The topological polar surface area (TPSA) is 65.2 Å². The second kappa shape index (κ2) is 7.17. The number of nitriles is 1. The van der Waals surface area contributed by atoms with Crippen LogP contribution >= 0.6 is 0 Å². The smallest absolute Gasteiger partial charge is 0.179 e. The van der Waals surface area contributed by atoms with E-state index in [9.17, 15) is 5.26 Å². The van der Waals surface area contributed by atoms with Crippen LogP contribution in [-0.4, -0.2) is 15.9 Å². The molecule has 0 aliphatic carbocycles. The normalized spacial score (nSPS) is 15.5. The van der Waals surface area contributed by atoms with Crippen molar-refractivity contribution in [1.29, 1.82) is 5.26 Å². The van der Waals surface area contributed by atoms with Crippen molar-refractivity contribution in [2.45, 2.75) is 12.5 Å². The maximum Gasteiger partial charge on any atom is 0.179 e. The van der Waals surface area contributed by atoms with Crippen molar-refractivity contribution < 1.29 is 0 Å². The zero-order valence-corrected chi connectivity index (χ0v) is 15.6. The molecule has 1 aliphatic heterocycles. The van der Waals surface area contributed by atoms with Gasteiger partial charge in [-0.2, -0.15) is 15.5 Å². The first-order valence-electron chi connectivity index (χ1n) is 9.47. The lowest BCUT2D eigenvalue weighted by Gasteiger charge is -2.34. The van der Waals surface area contributed by atoms with Crippen molar-refractivity contribution in [3.8, 4) is 6.07 Å². The lowest BCUT2D eigenvalue weighted by Crippen LogP contribution is -2.33. The molecule has 29 heavy (non-hydrogen) atoms. The van der Waals surface area contributed by atoms with Crippen LogP contribution in [0.2, 0.25) is 0 Å². The summed E-state index contributed by atoms with van der Waals surface area (Å²) in [7, 11) is 0. The minimum Gasteiger partial charge on any atom is -0.237 e. The number of benzene rings is 3. The molecule has 4 aromatic rings. The lowest BCUT2D eigenvalue weighted by atomic mass is 9.91. The van der Waals surface area contributed by atoms with E-state index in [-0.39, 0.29) is 6.04 Å². The Labute approximate surface area is 168 Å². The summed E-state index contributed by atoms with van der Waals surface area (Å²) in [6.07, 6.45) is 2.49. The third kappa shape index (κ3) is 3.01. The molecule has 1 aliphatic rings. The Hall–Kier alpha value is -4.04. The van der Waals surface area contributed by atoms with Gasteiger partial charge in [-0.1, -0.05) is 78.9 Å².